The van der Waals surface area contributed by atoms with E-state index in [4.69, 9.17) is 17.3 Å². The summed E-state index contributed by atoms with van der Waals surface area (Å²) in [5.41, 5.74) is 5.75. The monoisotopic (exact) mass is 199 g/mol. The molecular formula is C8H10ClN3O. The van der Waals surface area contributed by atoms with Crippen LogP contribution in [-0.2, 0) is 11.2 Å². The Labute approximate surface area is 81.1 Å². The van der Waals surface area contributed by atoms with Crippen LogP contribution in [0.5, 0.6) is 0 Å². The van der Waals surface area contributed by atoms with Crippen LogP contribution in [0.3, 0.4) is 0 Å². The van der Waals surface area contributed by atoms with E-state index in [0.29, 0.717) is 17.4 Å². The second-order valence-electron chi connectivity index (χ2n) is 2.70. The summed E-state index contributed by atoms with van der Waals surface area (Å²) in [7, 11) is 0. The van der Waals surface area contributed by atoms with Crippen molar-refractivity contribution in [3.8, 4) is 0 Å². The molecule has 4 nitrogen and oxygen atoms in total. The highest BCUT2D eigenvalue weighted by molar-refractivity contribution is 6.30. The third-order valence-corrected chi connectivity index (χ3v) is 1.90. The van der Waals surface area contributed by atoms with E-state index in [2.05, 4.69) is 9.97 Å². The van der Waals surface area contributed by atoms with Gasteiger partial charge in [-0.2, -0.15) is 0 Å². The molecule has 13 heavy (non-hydrogen) atoms. The summed E-state index contributed by atoms with van der Waals surface area (Å²) in [5.74, 6) is 0.268. The maximum atomic E-state index is 10.5. The summed E-state index contributed by atoms with van der Waals surface area (Å²) < 4.78 is 0. The number of nitrogens with two attached hydrogens (primary N) is 1. The first-order valence-corrected chi connectivity index (χ1v) is 4.23. The van der Waals surface area contributed by atoms with Crippen LogP contribution in [0.2, 0.25) is 5.15 Å². The first-order valence-electron chi connectivity index (χ1n) is 3.86. The summed E-state index contributed by atoms with van der Waals surface area (Å²) in [5, 5.41) is 0.397. The van der Waals surface area contributed by atoms with Crippen LogP contribution in [0.15, 0.2) is 6.20 Å². The number of aromatic nitrogens is 2. The van der Waals surface area contributed by atoms with Crippen molar-refractivity contribution >= 4 is 17.5 Å². The smallest absolute Gasteiger partial charge is 0.217 e. The van der Waals surface area contributed by atoms with Crippen molar-refractivity contribution in [2.45, 2.75) is 19.8 Å². The molecule has 0 aliphatic carbocycles. The van der Waals surface area contributed by atoms with E-state index in [0.717, 1.165) is 5.56 Å². The highest BCUT2D eigenvalue weighted by atomic mass is 35.5. The van der Waals surface area contributed by atoms with E-state index in [1.807, 2.05) is 0 Å². The molecule has 0 unspecified atom stereocenters. The van der Waals surface area contributed by atoms with Crippen molar-refractivity contribution in [1.82, 2.24) is 9.97 Å². The molecule has 1 amide bonds. The number of nitrogens with zero attached hydrogens (tertiary/aromatic N) is 2. The van der Waals surface area contributed by atoms with Gasteiger partial charge in [-0.05, 0) is 13.3 Å². The minimum absolute atomic E-state index is 0.270. The largest absolute Gasteiger partial charge is 0.370 e. The van der Waals surface area contributed by atoms with Gasteiger partial charge in [-0.15, -0.1) is 0 Å². The standard InChI is InChI=1S/C8H10ClN3O/c1-5-11-4-6(8(9)12-5)2-3-7(10)13/h4H,2-3H2,1H3,(H2,10,13). The fourth-order valence-electron chi connectivity index (χ4n) is 0.893. The summed E-state index contributed by atoms with van der Waals surface area (Å²) >= 11 is 5.81. The minimum atomic E-state index is -0.350. The van der Waals surface area contributed by atoms with Crippen LogP contribution in [0, 0.1) is 6.92 Å². The normalized spacial score (nSPS) is 10.0. The molecule has 2 N–H and O–H groups in total. The Morgan fingerprint density at radius 1 is 1.69 bits per heavy atom. The number of halogens is 1. The molecule has 1 heterocycles. The SMILES string of the molecule is Cc1ncc(CCC(N)=O)c(Cl)n1. The number of carbonyl (C=O) groups is 1. The van der Waals surface area contributed by atoms with Gasteiger partial charge in [0.05, 0.1) is 0 Å². The van der Waals surface area contributed by atoms with Gasteiger partial charge in [0.2, 0.25) is 5.91 Å². The summed E-state index contributed by atoms with van der Waals surface area (Å²) in [6, 6.07) is 0. The Hall–Kier alpha value is -1.16. The second-order valence-corrected chi connectivity index (χ2v) is 3.06. The van der Waals surface area contributed by atoms with Gasteiger partial charge in [-0.1, -0.05) is 11.6 Å². The molecule has 0 spiro atoms. The molecule has 0 aliphatic rings. The molecule has 0 aromatic carbocycles. The lowest BCUT2D eigenvalue weighted by molar-refractivity contribution is -0.117. The molecular weight excluding hydrogens is 190 g/mol. The number of amides is 1. The average Bonchev–Trinajstić information content (AvgIpc) is 2.02. The van der Waals surface area contributed by atoms with Crippen molar-refractivity contribution in [3.63, 3.8) is 0 Å². The van der Waals surface area contributed by atoms with Crippen LogP contribution in [0.25, 0.3) is 0 Å². The Balaban J connectivity index is 2.72. The molecule has 0 atom stereocenters. The van der Waals surface area contributed by atoms with E-state index in [1.54, 1.807) is 13.1 Å². The first kappa shape index (κ1) is 9.92. The molecule has 1 rings (SSSR count). The summed E-state index contributed by atoms with van der Waals surface area (Å²) in [6.07, 6.45) is 2.38. The van der Waals surface area contributed by atoms with Crippen LogP contribution in [-0.4, -0.2) is 15.9 Å². The number of carbonyl (C=O) groups excluding carboxylic acids is 1. The zero-order valence-corrected chi connectivity index (χ0v) is 8.01. The van der Waals surface area contributed by atoms with Gasteiger partial charge in [0, 0.05) is 18.2 Å². The fraction of sp³-hybridized carbons (Fsp3) is 0.375. The minimum Gasteiger partial charge on any atom is -0.370 e. The molecule has 0 saturated heterocycles. The number of primary amides is 1. The topological polar surface area (TPSA) is 68.9 Å². The Kier molecular flexibility index (Phi) is 3.19. The molecule has 0 saturated carbocycles. The molecule has 0 aliphatic heterocycles. The lowest BCUT2D eigenvalue weighted by Gasteiger charge is -2.01. The van der Waals surface area contributed by atoms with Gasteiger partial charge in [0.15, 0.2) is 0 Å². The summed E-state index contributed by atoms with van der Waals surface area (Å²) in [6.45, 7) is 1.75. The van der Waals surface area contributed by atoms with Gasteiger partial charge in [-0.3, -0.25) is 4.79 Å². The lowest BCUT2D eigenvalue weighted by atomic mass is 10.2. The predicted molar refractivity (Wildman–Crippen MR) is 49.3 cm³/mol. The molecule has 0 radical (unpaired) electrons. The molecule has 0 bridgehead atoms. The highest BCUT2D eigenvalue weighted by Crippen LogP contribution is 2.13. The number of hydrogen-bond acceptors (Lipinski definition) is 3. The number of aryl methyl sites for hydroxylation is 2. The number of hydrogen-bond donors (Lipinski definition) is 1. The Morgan fingerprint density at radius 2 is 2.38 bits per heavy atom. The molecule has 70 valence electrons. The van der Waals surface area contributed by atoms with Crippen molar-refractivity contribution in [1.29, 1.82) is 0 Å². The van der Waals surface area contributed by atoms with Crippen molar-refractivity contribution in [2.75, 3.05) is 0 Å². The Morgan fingerprint density at radius 3 is 2.92 bits per heavy atom. The van der Waals surface area contributed by atoms with E-state index in [1.165, 1.54) is 0 Å². The molecule has 1 aromatic heterocycles. The van der Waals surface area contributed by atoms with Gasteiger partial charge in [0.1, 0.15) is 11.0 Å². The third-order valence-electron chi connectivity index (χ3n) is 1.57. The van der Waals surface area contributed by atoms with E-state index < -0.39 is 0 Å². The van der Waals surface area contributed by atoms with Gasteiger partial charge in [-0.25, -0.2) is 9.97 Å². The van der Waals surface area contributed by atoms with Gasteiger partial charge >= 0.3 is 0 Å². The van der Waals surface area contributed by atoms with Gasteiger partial charge < -0.3 is 5.73 Å². The third kappa shape index (κ3) is 2.99. The average molecular weight is 200 g/mol. The number of rotatable bonds is 3. The fourth-order valence-corrected chi connectivity index (χ4v) is 1.16. The van der Waals surface area contributed by atoms with E-state index in [9.17, 15) is 4.79 Å². The van der Waals surface area contributed by atoms with Crippen LogP contribution in [0.1, 0.15) is 17.8 Å². The van der Waals surface area contributed by atoms with Crippen LogP contribution in [0.4, 0.5) is 0 Å². The first-order chi connectivity index (χ1) is 6.09. The molecule has 5 heteroatoms. The molecule has 0 fully saturated rings. The predicted octanol–water partition coefficient (Wildman–Crippen LogP) is 0.856. The quantitative estimate of drug-likeness (QED) is 0.734. The second kappa shape index (κ2) is 4.18. The van der Waals surface area contributed by atoms with E-state index in [-0.39, 0.29) is 12.3 Å². The van der Waals surface area contributed by atoms with Crippen molar-refractivity contribution in [2.24, 2.45) is 5.73 Å². The maximum absolute atomic E-state index is 10.5. The lowest BCUT2D eigenvalue weighted by Crippen LogP contribution is -2.11. The summed E-state index contributed by atoms with van der Waals surface area (Å²) in [4.78, 5) is 18.4. The van der Waals surface area contributed by atoms with Crippen molar-refractivity contribution in [3.05, 3.63) is 22.7 Å². The highest BCUT2D eigenvalue weighted by Gasteiger charge is 2.04. The van der Waals surface area contributed by atoms with Crippen molar-refractivity contribution < 1.29 is 4.79 Å². The molecule has 1 aromatic rings. The Bertz CT molecular complexity index is 327. The van der Waals surface area contributed by atoms with E-state index >= 15 is 0 Å². The maximum Gasteiger partial charge on any atom is 0.217 e. The zero-order valence-electron chi connectivity index (χ0n) is 7.25. The van der Waals surface area contributed by atoms with Crippen LogP contribution < -0.4 is 5.73 Å². The van der Waals surface area contributed by atoms with Crippen LogP contribution >= 0.6 is 11.6 Å². The van der Waals surface area contributed by atoms with Gasteiger partial charge in [0.25, 0.3) is 0 Å². The zero-order chi connectivity index (χ0) is 9.84.